The Morgan fingerprint density at radius 3 is 2.44 bits per heavy atom. The Labute approximate surface area is 113 Å². The summed E-state index contributed by atoms with van der Waals surface area (Å²) in [6.45, 7) is 10.7. The predicted octanol–water partition coefficient (Wildman–Crippen LogP) is 2.97. The quantitative estimate of drug-likeness (QED) is 0.529. The molecule has 0 aliphatic rings. The van der Waals surface area contributed by atoms with Crippen LogP contribution < -0.4 is 5.32 Å². The van der Waals surface area contributed by atoms with E-state index in [2.05, 4.69) is 33.0 Å². The molecule has 2 atom stereocenters. The second-order valence-corrected chi connectivity index (χ2v) is 5.69. The molecule has 0 saturated carbocycles. The molecule has 0 unspecified atom stereocenters. The Hall–Kier alpha value is -0.120. The monoisotopic (exact) mass is 259 g/mol. The Kier molecular flexibility index (Phi) is 11.9. The second-order valence-electron chi connectivity index (χ2n) is 5.69. The first kappa shape index (κ1) is 17.9. The number of aliphatic hydroxyl groups is 1. The van der Waals surface area contributed by atoms with E-state index in [0.29, 0.717) is 19.1 Å². The van der Waals surface area contributed by atoms with Gasteiger partial charge in [-0.3, -0.25) is 0 Å². The fraction of sp³-hybridized carbons (Fsp3) is 1.00. The molecule has 0 amide bonds. The third-order valence-electron chi connectivity index (χ3n) is 2.96. The maximum atomic E-state index is 9.75. The van der Waals surface area contributed by atoms with E-state index in [4.69, 9.17) is 4.74 Å². The zero-order valence-electron chi connectivity index (χ0n) is 12.7. The molecule has 0 rings (SSSR count). The number of aliphatic hydroxyl groups excluding tert-OH is 1. The maximum Gasteiger partial charge on any atom is 0.0897 e. The largest absolute Gasteiger partial charge is 0.389 e. The van der Waals surface area contributed by atoms with Crippen LogP contribution in [0, 0.1) is 5.92 Å². The fourth-order valence-electron chi connectivity index (χ4n) is 2.01. The molecule has 18 heavy (non-hydrogen) atoms. The maximum absolute atomic E-state index is 9.75. The molecule has 0 saturated heterocycles. The SMILES string of the molecule is CCCCCCNC[C@H](O)CO[C@@H](C)CC(C)C. The van der Waals surface area contributed by atoms with Gasteiger partial charge >= 0.3 is 0 Å². The minimum atomic E-state index is -0.384. The van der Waals surface area contributed by atoms with Crippen LogP contribution in [0.1, 0.15) is 59.8 Å². The van der Waals surface area contributed by atoms with Crippen LogP contribution in [0.4, 0.5) is 0 Å². The van der Waals surface area contributed by atoms with Gasteiger partial charge in [0.15, 0.2) is 0 Å². The standard InChI is InChI=1S/C15H33NO2/c1-5-6-7-8-9-16-11-15(17)12-18-14(4)10-13(2)3/h13-17H,5-12H2,1-4H3/t14-,15-/m0/s1. The Morgan fingerprint density at radius 2 is 1.83 bits per heavy atom. The summed E-state index contributed by atoms with van der Waals surface area (Å²) in [7, 11) is 0. The smallest absolute Gasteiger partial charge is 0.0897 e. The summed E-state index contributed by atoms with van der Waals surface area (Å²) in [6, 6.07) is 0. The van der Waals surface area contributed by atoms with Crippen LogP contribution in [0.2, 0.25) is 0 Å². The molecule has 0 aromatic rings. The molecular weight excluding hydrogens is 226 g/mol. The van der Waals surface area contributed by atoms with E-state index in [1.165, 1.54) is 25.7 Å². The van der Waals surface area contributed by atoms with Crippen molar-refractivity contribution >= 4 is 0 Å². The van der Waals surface area contributed by atoms with Gasteiger partial charge in [-0.05, 0) is 32.2 Å². The highest BCUT2D eigenvalue weighted by Crippen LogP contribution is 2.07. The highest BCUT2D eigenvalue weighted by Gasteiger charge is 2.09. The van der Waals surface area contributed by atoms with Crippen LogP contribution in [-0.4, -0.2) is 37.0 Å². The summed E-state index contributed by atoms with van der Waals surface area (Å²) < 4.78 is 5.62. The van der Waals surface area contributed by atoms with E-state index in [1.807, 2.05) is 0 Å². The number of ether oxygens (including phenoxy) is 1. The van der Waals surface area contributed by atoms with Crippen LogP contribution in [0.15, 0.2) is 0 Å². The lowest BCUT2D eigenvalue weighted by molar-refractivity contribution is -0.00843. The van der Waals surface area contributed by atoms with Crippen molar-refractivity contribution in [2.45, 2.75) is 72.0 Å². The van der Waals surface area contributed by atoms with Crippen LogP contribution in [-0.2, 0) is 4.74 Å². The van der Waals surface area contributed by atoms with Crippen LogP contribution in [0.5, 0.6) is 0 Å². The topological polar surface area (TPSA) is 41.5 Å². The highest BCUT2D eigenvalue weighted by molar-refractivity contribution is 4.61. The van der Waals surface area contributed by atoms with E-state index >= 15 is 0 Å². The number of hydrogen-bond donors (Lipinski definition) is 2. The third kappa shape index (κ3) is 12.3. The Bertz CT molecular complexity index is 174. The van der Waals surface area contributed by atoms with Gasteiger partial charge in [-0.25, -0.2) is 0 Å². The minimum absolute atomic E-state index is 0.240. The van der Waals surface area contributed by atoms with Crippen LogP contribution in [0.25, 0.3) is 0 Å². The Morgan fingerprint density at radius 1 is 1.11 bits per heavy atom. The molecule has 0 aromatic heterocycles. The summed E-state index contributed by atoms with van der Waals surface area (Å²) in [4.78, 5) is 0. The van der Waals surface area contributed by atoms with E-state index in [1.54, 1.807) is 0 Å². The first-order valence-electron chi connectivity index (χ1n) is 7.56. The molecule has 0 aliphatic carbocycles. The molecule has 110 valence electrons. The molecule has 0 fully saturated rings. The molecule has 0 aromatic carbocycles. The molecule has 0 spiro atoms. The molecular formula is C15H33NO2. The lowest BCUT2D eigenvalue weighted by Crippen LogP contribution is -2.32. The van der Waals surface area contributed by atoms with Gasteiger partial charge in [0.2, 0.25) is 0 Å². The van der Waals surface area contributed by atoms with Gasteiger partial charge in [0, 0.05) is 6.54 Å². The van der Waals surface area contributed by atoms with Gasteiger partial charge in [-0.1, -0.05) is 40.0 Å². The molecule has 0 radical (unpaired) electrons. The van der Waals surface area contributed by atoms with Crippen molar-refractivity contribution in [2.24, 2.45) is 5.92 Å². The lowest BCUT2D eigenvalue weighted by atomic mass is 10.1. The summed E-state index contributed by atoms with van der Waals surface area (Å²) in [5, 5.41) is 13.0. The molecule has 3 heteroatoms. The third-order valence-corrected chi connectivity index (χ3v) is 2.96. The Balaban J connectivity index is 3.34. The van der Waals surface area contributed by atoms with E-state index < -0.39 is 0 Å². The van der Waals surface area contributed by atoms with E-state index in [9.17, 15) is 5.11 Å². The average molecular weight is 259 g/mol. The fourth-order valence-corrected chi connectivity index (χ4v) is 2.01. The normalized spacial score (nSPS) is 15.0. The van der Waals surface area contributed by atoms with Gasteiger partial charge in [-0.15, -0.1) is 0 Å². The molecule has 0 aliphatic heterocycles. The first-order chi connectivity index (χ1) is 8.56. The average Bonchev–Trinajstić information content (AvgIpc) is 2.30. The zero-order valence-corrected chi connectivity index (χ0v) is 12.7. The van der Waals surface area contributed by atoms with Crippen molar-refractivity contribution in [1.82, 2.24) is 5.32 Å². The van der Waals surface area contributed by atoms with Crippen molar-refractivity contribution < 1.29 is 9.84 Å². The summed E-state index contributed by atoms with van der Waals surface area (Å²) in [5.41, 5.74) is 0. The molecule has 0 bridgehead atoms. The molecule has 0 heterocycles. The second kappa shape index (κ2) is 11.9. The van der Waals surface area contributed by atoms with Gasteiger partial charge < -0.3 is 15.2 Å². The van der Waals surface area contributed by atoms with Crippen molar-refractivity contribution in [2.75, 3.05) is 19.7 Å². The number of rotatable bonds is 12. The van der Waals surface area contributed by atoms with Crippen molar-refractivity contribution in [3.05, 3.63) is 0 Å². The molecule has 2 N–H and O–H groups in total. The number of unbranched alkanes of at least 4 members (excludes halogenated alkanes) is 3. The highest BCUT2D eigenvalue weighted by atomic mass is 16.5. The van der Waals surface area contributed by atoms with Crippen LogP contribution >= 0.6 is 0 Å². The van der Waals surface area contributed by atoms with Crippen molar-refractivity contribution in [1.29, 1.82) is 0 Å². The van der Waals surface area contributed by atoms with E-state index in [-0.39, 0.29) is 12.2 Å². The predicted molar refractivity (Wildman–Crippen MR) is 77.9 cm³/mol. The number of nitrogens with one attached hydrogen (secondary N) is 1. The summed E-state index contributed by atoms with van der Waals surface area (Å²) in [5.74, 6) is 0.647. The first-order valence-corrected chi connectivity index (χ1v) is 7.56. The van der Waals surface area contributed by atoms with E-state index in [0.717, 1.165) is 13.0 Å². The lowest BCUT2D eigenvalue weighted by Gasteiger charge is -2.18. The number of hydrogen-bond acceptors (Lipinski definition) is 3. The van der Waals surface area contributed by atoms with Crippen molar-refractivity contribution in [3.8, 4) is 0 Å². The zero-order chi connectivity index (χ0) is 13.8. The van der Waals surface area contributed by atoms with Crippen molar-refractivity contribution in [3.63, 3.8) is 0 Å². The summed E-state index contributed by atoms with van der Waals surface area (Å²) in [6.07, 6.45) is 5.96. The van der Waals surface area contributed by atoms with Gasteiger partial charge in [0.1, 0.15) is 0 Å². The summed E-state index contributed by atoms with van der Waals surface area (Å²) >= 11 is 0. The van der Waals surface area contributed by atoms with Gasteiger partial charge in [-0.2, -0.15) is 0 Å². The minimum Gasteiger partial charge on any atom is -0.389 e. The van der Waals surface area contributed by atoms with Crippen LogP contribution in [0.3, 0.4) is 0 Å². The molecule has 3 nitrogen and oxygen atoms in total. The van der Waals surface area contributed by atoms with Gasteiger partial charge in [0.05, 0.1) is 18.8 Å². The van der Waals surface area contributed by atoms with Gasteiger partial charge in [0.25, 0.3) is 0 Å².